The molecule has 0 heterocycles. The SMILES string of the molecule is COC(=O)C(/C=C/C(=O)OC(C)(C)C)=C/Sc1ccccc1. The maximum atomic E-state index is 11.7. The third-order valence-electron chi connectivity index (χ3n) is 2.29. The van der Waals surface area contributed by atoms with Crippen molar-refractivity contribution in [2.75, 3.05) is 7.11 Å². The number of carbonyl (C=O) groups is 2. The summed E-state index contributed by atoms with van der Waals surface area (Å²) < 4.78 is 9.86. The molecule has 0 atom stereocenters. The quantitative estimate of drug-likeness (QED) is 0.358. The van der Waals surface area contributed by atoms with Gasteiger partial charge in [0.1, 0.15) is 5.60 Å². The molecule has 0 spiro atoms. The van der Waals surface area contributed by atoms with Crippen molar-refractivity contribution in [3.05, 3.63) is 53.5 Å². The lowest BCUT2D eigenvalue weighted by Gasteiger charge is -2.17. The standard InChI is InChI=1S/C17H20O4S/c1-17(2,3)21-15(18)11-10-13(16(19)20-4)12-22-14-8-6-5-7-9-14/h5-12H,1-4H3/b11-10+,13-12+. The number of rotatable bonds is 5. The monoisotopic (exact) mass is 320 g/mol. The number of carbonyl (C=O) groups excluding carboxylic acids is 2. The van der Waals surface area contributed by atoms with Gasteiger partial charge >= 0.3 is 11.9 Å². The van der Waals surface area contributed by atoms with Crippen LogP contribution in [0.15, 0.2) is 58.4 Å². The van der Waals surface area contributed by atoms with Gasteiger partial charge in [0.25, 0.3) is 0 Å². The molecule has 0 radical (unpaired) electrons. The second-order valence-corrected chi connectivity index (χ2v) is 6.31. The number of hydrogen-bond donors (Lipinski definition) is 0. The lowest BCUT2D eigenvalue weighted by atomic mass is 10.2. The number of hydrogen-bond acceptors (Lipinski definition) is 5. The molecule has 0 aliphatic heterocycles. The van der Waals surface area contributed by atoms with Crippen LogP contribution in [-0.4, -0.2) is 24.6 Å². The molecule has 0 aliphatic carbocycles. The first-order valence-electron chi connectivity index (χ1n) is 6.73. The Hall–Kier alpha value is -2.01. The van der Waals surface area contributed by atoms with Crippen molar-refractivity contribution < 1.29 is 19.1 Å². The van der Waals surface area contributed by atoms with Crippen LogP contribution in [0.25, 0.3) is 0 Å². The minimum Gasteiger partial charge on any atom is -0.465 e. The highest BCUT2D eigenvalue weighted by atomic mass is 32.2. The molecule has 0 aliphatic rings. The minimum atomic E-state index is -0.574. The zero-order valence-electron chi connectivity index (χ0n) is 13.2. The lowest BCUT2D eigenvalue weighted by molar-refractivity contribution is -0.148. The Morgan fingerprint density at radius 2 is 1.73 bits per heavy atom. The molecule has 1 rings (SSSR count). The Labute approximate surface area is 135 Å². The fraction of sp³-hybridized carbons (Fsp3) is 0.294. The van der Waals surface area contributed by atoms with Crippen molar-refractivity contribution in [3.8, 4) is 0 Å². The summed E-state index contributed by atoms with van der Waals surface area (Å²) in [6.07, 6.45) is 2.62. The molecular weight excluding hydrogens is 300 g/mol. The Kier molecular flexibility index (Phi) is 6.92. The Morgan fingerprint density at radius 1 is 1.09 bits per heavy atom. The van der Waals surface area contributed by atoms with Crippen LogP contribution in [-0.2, 0) is 19.1 Å². The van der Waals surface area contributed by atoms with E-state index in [-0.39, 0.29) is 5.57 Å². The number of methoxy groups -OCH3 is 1. The summed E-state index contributed by atoms with van der Waals surface area (Å²) in [5, 5.41) is 1.64. The molecule has 22 heavy (non-hydrogen) atoms. The van der Waals surface area contributed by atoms with Crippen LogP contribution in [0.3, 0.4) is 0 Å². The third kappa shape index (κ3) is 7.13. The van der Waals surface area contributed by atoms with Crippen molar-refractivity contribution in [2.45, 2.75) is 31.3 Å². The van der Waals surface area contributed by atoms with Gasteiger partial charge in [-0.15, -0.1) is 0 Å². The summed E-state index contributed by atoms with van der Waals surface area (Å²) in [7, 11) is 1.30. The van der Waals surface area contributed by atoms with Gasteiger partial charge in [-0.05, 0) is 44.4 Å². The maximum Gasteiger partial charge on any atom is 0.338 e. The first-order valence-corrected chi connectivity index (χ1v) is 7.61. The van der Waals surface area contributed by atoms with E-state index in [4.69, 9.17) is 9.47 Å². The molecule has 0 N–H and O–H groups in total. The van der Waals surface area contributed by atoms with E-state index >= 15 is 0 Å². The van der Waals surface area contributed by atoms with Crippen LogP contribution < -0.4 is 0 Å². The highest BCUT2D eigenvalue weighted by Gasteiger charge is 2.14. The molecule has 118 valence electrons. The molecule has 0 unspecified atom stereocenters. The molecule has 0 saturated carbocycles. The number of thioether (sulfide) groups is 1. The molecule has 4 nitrogen and oxygen atoms in total. The van der Waals surface area contributed by atoms with E-state index < -0.39 is 17.5 Å². The number of benzene rings is 1. The van der Waals surface area contributed by atoms with Gasteiger partial charge in [-0.25, -0.2) is 9.59 Å². The first kappa shape index (κ1) is 18.0. The fourth-order valence-electron chi connectivity index (χ4n) is 1.40. The molecule has 0 bridgehead atoms. The summed E-state index contributed by atoms with van der Waals surface area (Å²) in [6.45, 7) is 5.34. The van der Waals surface area contributed by atoms with Crippen LogP contribution in [0.5, 0.6) is 0 Å². The second kappa shape index (κ2) is 8.44. The van der Waals surface area contributed by atoms with Crippen molar-refractivity contribution >= 4 is 23.7 Å². The van der Waals surface area contributed by atoms with Crippen LogP contribution in [0.1, 0.15) is 20.8 Å². The van der Waals surface area contributed by atoms with Gasteiger partial charge in [0.2, 0.25) is 0 Å². The molecule has 5 heteroatoms. The van der Waals surface area contributed by atoms with Crippen LogP contribution in [0.4, 0.5) is 0 Å². The highest BCUT2D eigenvalue weighted by molar-refractivity contribution is 8.02. The third-order valence-corrected chi connectivity index (χ3v) is 3.21. The summed E-state index contributed by atoms with van der Waals surface area (Å²) in [5.74, 6) is -1.02. The van der Waals surface area contributed by atoms with Crippen molar-refractivity contribution in [1.82, 2.24) is 0 Å². The first-order chi connectivity index (χ1) is 10.3. The van der Waals surface area contributed by atoms with Gasteiger partial charge in [0, 0.05) is 11.0 Å². The second-order valence-electron chi connectivity index (χ2n) is 5.36. The Morgan fingerprint density at radius 3 is 2.27 bits per heavy atom. The zero-order valence-corrected chi connectivity index (χ0v) is 14.0. The average Bonchev–Trinajstić information content (AvgIpc) is 2.45. The van der Waals surface area contributed by atoms with E-state index in [1.165, 1.54) is 31.0 Å². The maximum absolute atomic E-state index is 11.7. The summed E-state index contributed by atoms with van der Waals surface area (Å²) >= 11 is 1.37. The van der Waals surface area contributed by atoms with E-state index in [0.29, 0.717) is 0 Å². The van der Waals surface area contributed by atoms with Gasteiger partial charge in [0.05, 0.1) is 12.7 Å². The van der Waals surface area contributed by atoms with E-state index in [0.717, 1.165) is 4.90 Å². The molecule has 0 aromatic heterocycles. The van der Waals surface area contributed by atoms with Gasteiger partial charge in [-0.2, -0.15) is 0 Å². The highest BCUT2D eigenvalue weighted by Crippen LogP contribution is 2.21. The van der Waals surface area contributed by atoms with Crippen molar-refractivity contribution in [3.63, 3.8) is 0 Å². The van der Waals surface area contributed by atoms with Gasteiger partial charge in [0.15, 0.2) is 0 Å². The van der Waals surface area contributed by atoms with E-state index in [1.807, 2.05) is 30.3 Å². The van der Waals surface area contributed by atoms with Gasteiger partial charge in [-0.1, -0.05) is 30.0 Å². The largest absolute Gasteiger partial charge is 0.465 e. The van der Waals surface area contributed by atoms with Crippen molar-refractivity contribution in [1.29, 1.82) is 0 Å². The average molecular weight is 320 g/mol. The zero-order chi connectivity index (χ0) is 16.6. The minimum absolute atomic E-state index is 0.280. The smallest absolute Gasteiger partial charge is 0.338 e. The topological polar surface area (TPSA) is 52.6 Å². The molecule has 1 aromatic carbocycles. The Balaban J connectivity index is 2.81. The van der Waals surface area contributed by atoms with E-state index in [2.05, 4.69) is 0 Å². The lowest BCUT2D eigenvalue weighted by Crippen LogP contribution is -2.22. The van der Waals surface area contributed by atoms with Gasteiger partial charge in [-0.3, -0.25) is 0 Å². The summed E-state index contributed by atoms with van der Waals surface area (Å²) in [6, 6.07) is 9.58. The summed E-state index contributed by atoms with van der Waals surface area (Å²) in [5.41, 5.74) is -0.294. The van der Waals surface area contributed by atoms with Crippen molar-refractivity contribution in [2.24, 2.45) is 0 Å². The normalized spacial score (nSPS) is 12.3. The summed E-state index contributed by atoms with van der Waals surface area (Å²) in [4.78, 5) is 24.4. The van der Waals surface area contributed by atoms with E-state index in [1.54, 1.807) is 26.2 Å². The molecule has 1 aromatic rings. The number of ether oxygens (including phenoxy) is 2. The fourth-order valence-corrected chi connectivity index (χ4v) is 2.15. The molecule has 0 amide bonds. The molecule has 0 fully saturated rings. The molecular formula is C17H20O4S. The predicted molar refractivity (Wildman–Crippen MR) is 87.4 cm³/mol. The van der Waals surface area contributed by atoms with Crippen LogP contribution in [0, 0.1) is 0 Å². The van der Waals surface area contributed by atoms with Crippen LogP contribution >= 0.6 is 11.8 Å². The van der Waals surface area contributed by atoms with Crippen LogP contribution in [0.2, 0.25) is 0 Å². The van der Waals surface area contributed by atoms with Gasteiger partial charge < -0.3 is 9.47 Å². The number of esters is 2. The Bertz CT molecular complexity index is 568. The molecule has 0 saturated heterocycles. The predicted octanol–water partition coefficient (Wildman–Crippen LogP) is 3.73. The van der Waals surface area contributed by atoms with E-state index in [9.17, 15) is 9.59 Å².